The Hall–Kier alpha value is -0.770. The molecule has 0 spiro atoms. The zero-order chi connectivity index (χ0) is 12.2. The van der Waals surface area contributed by atoms with Gasteiger partial charge >= 0.3 is 6.09 Å². The summed E-state index contributed by atoms with van der Waals surface area (Å²) in [6.45, 7) is 8.73. The fraction of sp³-hybridized carbons (Fsp3) is 0.917. The van der Waals surface area contributed by atoms with Gasteiger partial charge in [-0.15, -0.1) is 0 Å². The fourth-order valence-electron chi connectivity index (χ4n) is 1.95. The van der Waals surface area contributed by atoms with Crippen LogP contribution in [0, 0.1) is 0 Å². The van der Waals surface area contributed by atoms with Crippen LogP contribution in [0.4, 0.5) is 4.79 Å². The summed E-state index contributed by atoms with van der Waals surface area (Å²) in [6.07, 6.45) is 3.10. The van der Waals surface area contributed by atoms with Gasteiger partial charge in [-0.2, -0.15) is 0 Å². The molecule has 0 radical (unpaired) electrons. The van der Waals surface area contributed by atoms with Crippen LogP contribution in [-0.2, 0) is 4.74 Å². The van der Waals surface area contributed by atoms with E-state index in [0.717, 1.165) is 13.0 Å². The van der Waals surface area contributed by atoms with Gasteiger partial charge in [0.1, 0.15) is 5.60 Å². The predicted molar refractivity (Wildman–Crippen MR) is 64.5 cm³/mol. The van der Waals surface area contributed by atoms with Crippen LogP contribution in [0.1, 0.15) is 47.0 Å². The highest BCUT2D eigenvalue weighted by molar-refractivity contribution is 5.68. The van der Waals surface area contributed by atoms with Crippen molar-refractivity contribution in [2.24, 2.45) is 0 Å². The number of alkyl carbamates (subject to hydrolysis) is 1. The van der Waals surface area contributed by atoms with Crippen molar-refractivity contribution in [3.05, 3.63) is 0 Å². The van der Waals surface area contributed by atoms with Crippen LogP contribution >= 0.6 is 0 Å². The minimum atomic E-state index is -0.421. The van der Waals surface area contributed by atoms with E-state index in [1.807, 2.05) is 27.7 Å². The van der Waals surface area contributed by atoms with Crippen molar-refractivity contribution in [3.8, 4) is 0 Å². The van der Waals surface area contributed by atoms with E-state index in [4.69, 9.17) is 4.74 Å². The molecule has 0 bridgehead atoms. The lowest BCUT2D eigenvalue weighted by Crippen LogP contribution is -2.40. The molecule has 2 N–H and O–H groups in total. The van der Waals surface area contributed by atoms with E-state index in [1.54, 1.807) is 0 Å². The molecule has 1 saturated heterocycles. The van der Waals surface area contributed by atoms with Gasteiger partial charge in [0.05, 0.1) is 0 Å². The lowest BCUT2D eigenvalue weighted by molar-refractivity contribution is 0.0504. The van der Waals surface area contributed by atoms with Crippen LogP contribution in [0.15, 0.2) is 0 Å². The van der Waals surface area contributed by atoms with Crippen molar-refractivity contribution in [2.75, 3.05) is 6.54 Å². The molecule has 0 aromatic heterocycles. The van der Waals surface area contributed by atoms with E-state index in [0.29, 0.717) is 6.04 Å². The van der Waals surface area contributed by atoms with E-state index in [9.17, 15) is 4.79 Å². The maximum atomic E-state index is 11.5. The zero-order valence-electron chi connectivity index (χ0n) is 10.8. The van der Waals surface area contributed by atoms with Crippen LogP contribution in [0.2, 0.25) is 0 Å². The predicted octanol–water partition coefficient (Wildman–Crippen LogP) is 2.04. The van der Waals surface area contributed by atoms with Crippen LogP contribution in [-0.4, -0.2) is 30.3 Å². The highest BCUT2D eigenvalue weighted by Crippen LogP contribution is 2.12. The van der Waals surface area contributed by atoms with Gasteiger partial charge in [0.25, 0.3) is 0 Å². The first-order valence-corrected chi connectivity index (χ1v) is 6.10. The topological polar surface area (TPSA) is 50.4 Å². The molecule has 4 nitrogen and oxygen atoms in total. The Morgan fingerprint density at radius 3 is 2.75 bits per heavy atom. The lowest BCUT2D eigenvalue weighted by atomic mass is 10.1. The highest BCUT2D eigenvalue weighted by Gasteiger charge is 2.21. The first-order chi connectivity index (χ1) is 7.37. The van der Waals surface area contributed by atoms with E-state index < -0.39 is 5.60 Å². The third-order valence-corrected chi connectivity index (χ3v) is 2.56. The number of carbonyl (C=O) groups excluding carboxylic acids is 1. The summed E-state index contributed by atoms with van der Waals surface area (Å²) in [5.74, 6) is 0. The van der Waals surface area contributed by atoms with E-state index in [-0.39, 0.29) is 12.1 Å². The maximum Gasteiger partial charge on any atom is 0.407 e. The second-order valence-electron chi connectivity index (χ2n) is 5.58. The molecular weight excluding hydrogens is 204 g/mol. The summed E-state index contributed by atoms with van der Waals surface area (Å²) in [5.41, 5.74) is -0.421. The van der Waals surface area contributed by atoms with E-state index in [1.165, 1.54) is 12.8 Å². The molecule has 1 aliphatic heterocycles. The minimum absolute atomic E-state index is 0.158. The molecule has 1 fully saturated rings. The number of nitrogens with one attached hydrogen (secondary N) is 2. The van der Waals surface area contributed by atoms with E-state index in [2.05, 4.69) is 10.6 Å². The van der Waals surface area contributed by atoms with Gasteiger partial charge in [-0.05, 0) is 53.5 Å². The first-order valence-electron chi connectivity index (χ1n) is 6.10. The molecule has 0 aromatic rings. The van der Waals surface area contributed by atoms with Gasteiger partial charge in [0.2, 0.25) is 0 Å². The largest absolute Gasteiger partial charge is 0.444 e. The standard InChI is InChI=1S/C12H24N2O2/c1-9(8-10-6-5-7-13-10)14-11(15)16-12(2,3)4/h9-10,13H,5-8H2,1-4H3,(H,14,15). The summed E-state index contributed by atoms with van der Waals surface area (Å²) in [5, 5.41) is 6.28. The van der Waals surface area contributed by atoms with Gasteiger partial charge in [-0.25, -0.2) is 4.79 Å². The highest BCUT2D eigenvalue weighted by atomic mass is 16.6. The minimum Gasteiger partial charge on any atom is -0.444 e. The average molecular weight is 228 g/mol. The Balaban J connectivity index is 2.22. The van der Waals surface area contributed by atoms with Crippen LogP contribution in [0.25, 0.3) is 0 Å². The Morgan fingerprint density at radius 2 is 2.25 bits per heavy atom. The number of hydrogen-bond acceptors (Lipinski definition) is 3. The van der Waals surface area contributed by atoms with E-state index >= 15 is 0 Å². The quantitative estimate of drug-likeness (QED) is 0.777. The molecule has 0 aromatic carbocycles. The van der Waals surface area contributed by atoms with Crippen LogP contribution in [0.3, 0.4) is 0 Å². The molecule has 1 aliphatic rings. The van der Waals surface area contributed by atoms with Crippen molar-refractivity contribution in [2.45, 2.75) is 64.6 Å². The molecule has 4 heteroatoms. The number of amides is 1. The van der Waals surface area contributed by atoms with Crippen molar-refractivity contribution in [1.29, 1.82) is 0 Å². The maximum absolute atomic E-state index is 11.5. The van der Waals surface area contributed by atoms with Crippen LogP contribution in [0.5, 0.6) is 0 Å². The number of rotatable bonds is 3. The van der Waals surface area contributed by atoms with Crippen molar-refractivity contribution in [1.82, 2.24) is 10.6 Å². The van der Waals surface area contributed by atoms with Crippen molar-refractivity contribution in [3.63, 3.8) is 0 Å². The monoisotopic (exact) mass is 228 g/mol. The van der Waals surface area contributed by atoms with Gasteiger partial charge in [0, 0.05) is 12.1 Å². The fourth-order valence-corrected chi connectivity index (χ4v) is 1.95. The normalized spacial score (nSPS) is 22.9. The Kier molecular flexibility index (Phi) is 4.59. The Bertz CT molecular complexity index is 230. The van der Waals surface area contributed by atoms with Gasteiger partial charge in [-0.1, -0.05) is 0 Å². The van der Waals surface area contributed by atoms with Gasteiger partial charge in [-0.3, -0.25) is 0 Å². The lowest BCUT2D eigenvalue weighted by Gasteiger charge is -2.23. The van der Waals surface area contributed by atoms with Gasteiger partial charge < -0.3 is 15.4 Å². The zero-order valence-corrected chi connectivity index (χ0v) is 10.8. The third-order valence-electron chi connectivity index (χ3n) is 2.56. The molecule has 94 valence electrons. The number of ether oxygens (including phenoxy) is 1. The number of carbonyl (C=O) groups is 1. The second kappa shape index (κ2) is 5.53. The molecule has 1 rings (SSSR count). The van der Waals surface area contributed by atoms with Crippen molar-refractivity contribution >= 4 is 6.09 Å². The summed E-state index contributed by atoms with van der Waals surface area (Å²) in [4.78, 5) is 11.5. The summed E-state index contributed by atoms with van der Waals surface area (Å²) < 4.78 is 5.20. The molecule has 2 unspecified atom stereocenters. The summed E-state index contributed by atoms with van der Waals surface area (Å²) in [6, 6.07) is 0.704. The smallest absolute Gasteiger partial charge is 0.407 e. The van der Waals surface area contributed by atoms with Crippen molar-refractivity contribution < 1.29 is 9.53 Å². The molecule has 0 saturated carbocycles. The molecule has 0 aliphatic carbocycles. The SMILES string of the molecule is CC(CC1CCCN1)NC(=O)OC(C)(C)C. The van der Waals surface area contributed by atoms with Gasteiger partial charge in [0.15, 0.2) is 0 Å². The first kappa shape index (κ1) is 13.3. The number of hydrogen-bond donors (Lipinski definition) is 2. The third kappa shape index (κ3) is 5.35. The molecule has 2 atom stereocenters. The summed E-state index contributed by atoms with van der Waals surface area (Å²) in [7, 11) is 0. The Morgan fingerprint density at radius 1 is 1.56 bits per heavy atom. The molecule has 1 amide bonds. The molecule has 1 heterocycles. The summed E-state index contributed by atoms with van der Waals surface area (Å²) >= 11 is 0. The Labute approximate surface area is 98.1 Å². The molecule has 16 heavy (non-hydrogen) atoms. The second-order valence-corrected chi connectivity index (χ2v) is 5.58. The average Bonchev–Trinajstić information content (AvgIpc) is 2.51. The van der Waals surface area contributed by atoms with Crippen LogP contribution < -0.4 is 10.6 Å². The molecular formula is C12H24N2O2.